The molecule has 0 spiro atoms. The Kier molecular flexibility index (Phi) is 6.49. The van der Waals surface area contributed by atoms with Gasteiger partial charge in [-0.2, -0.15) is 0 Å². The van der Waals surface area contributed by atoms with Crippen LogP contribution in [0.3, 0.4) is 0 Å². The first-order valence-electron chi connectivity index (χ1n) is 8.37. The van der Waals surface area contributed by atoms with E-state index in [-0.39, 0.29) is 17.9 Å². The molecular weight excluding hydrogens is 268 g/mol. The van der Waals surface area contributed by atoms with Gasteiger partial charge in [0.2, 0.25) is 11.8 Å². The number of hydrogen-bond donors (Lipinski definition) is 0. The zero-order valence-corrected chi connectivity index (χ0v) is 13.2. The molecular formula is C16H28N2O3. The van der Waals surface area contributed by atoms with Crippen molar-refractivity contribution in [1.29, 1.82) is 0 Å². The molecule has 0 saturated carbocycles. The van der Waals surface area contributed by atoms with Crippen LogP contribution in [0.1, 0.15) is 51.9 Å². The summed E-state index contributed by atoms with van der Waals surface area (Å²) >= 11 is 0. The van der Waals surface area contributed by atoms with E-state index in [0.717, 1.165) is 32.4 Å². The Labute approximate surface area is 127 Å². The molecule has 0 bridgehead atoms. The third-order valence-electron chi connectivity index (χ3n) is 4.53. The van der Waals surface area contributed by atoms with Crippen LogP contribution in [0.2, 0.25) is 0 Å². The van der Waals surface area contributed by atoms with Gasteiger partial charge in [-0.25, -0.2) is 0 Å². The maximum absolute atomic E-state index is 12.3. The first-order chi connectivity index (χ1) is 10.2. The fraction of sp³-hybridized carbons (Fsp3) is 0.875. The van der Waals surface area contributed by atoms with Gasteiger partial charge in [-0.1, -0.05) is 19.8 Å². The second-order valence-corrected chi connectivity index (χ2v) is 6.02. The molecule has 2 fully saturated rings. The molecule has 5 nitrogen and oxygen atoms in total. The van der Waals surface area contributed by atoms with Crippen molar-refractivity contribution in [2.24, 2.45) is 0 Å². The lowest BCUT2D eigenvalue weighted by Crippen LogP contribution is -2.48. The molecule has 0 aliphatic carbocycles. The molecule has 2 aliphatic rings. The molecule has 2 saturated heterocycles. The third-order valence-corrected chi connectivity index (χ3v) is 4.53. The minimum atomic E-state index is 0.105. The Bertz CT molecular complexity index is 351. The van der Waals surface area contributed by atoms with Gasteiger partial charge in [0.15, 0.2) is 0 Å². The highest BCUT2D eigenvalue weighted by atomic mass is 16.5. The summed E-state index contributed by atoms with van der Waals surface area (Å²) in [5.41, 5.74) is 0. The molecule has 0 aromatic heterocycles. The standard InChI is InChI=1S/C16H28N2O3/c1-2-14-13-21-12-11-18(14)16(20)8-7-15(19)17-9-5-3-4-6-10-17/h14H,2-13H2,1H3. The minimum Gasteiger partial charge on any atom is -0.377 e. The number of nitrogens with zero attached hydrogens (tertiary/aromatic N) is 2. The number of likely N-dealkylation sites (tertiary alicyclic amines) is 1. The molecule has 0 N–H and O–H groups in total. The summed E-state index contributed by atoms with van der Waals surface area (Å²) < 4.78 is 5.42. The average Bonchev–Trinajstić information content (AvgIpc) is 2.81. The number of carbonyl (C=O) groups excluding carboxylic acids is 2. The van der Waals surface area contributed by atoms with E-state index in [0.29, 0.717) is 32.6 Å². The fourth-order valence-electron chi connectivity index (χ4n) is 3.16. The van der Waals surface area contributed by atoms with E-state index in [1.165, 1.54) is 12.8 Å². The zero-order valence-electron chi connectivity index (χ0n) is 13.2. The fourth-order valence-corrected chi connectivity index (χ4v) is 3.16. The van der Waals surface area contributed by atoms with E-state index < -0.39 is 0 Å². The lowest BCUT2D eigenvalue weighted by atomic mass is 10.1. The van der Waals surface area contributed by atoms with Gasteiger partial charge in [-0.15, -0.1) is 0 Å². The zero-order chi connectivity index (χ0) is 15.1. The van der Waals surface area contributed by atoms with Gasteiger partial charge in [0.1, 0.15) is 0 Å². The molecule has 0 radical (unpaired) electrons. The van der Waals surface area contributed by atoms with E-state index in [1.807, 2.05) is 9.80 Å². The largest absolute Gasteiger partial charge is 0.377 e. The molecule has 2 heterocycles. The highest BCUT2D eigenvalue weighted by Gasteiger charge is 2.26. The van der Waals surface area contributed by atoms with Crippen molar-refractivity contribution < 1.29 is 14.3 Å². The van der Waals surface area contributed by atoms with Gasteiger partial charge in [-0.05, 0) is 19.3 Å². The molecule has 0 aromatic carbocycles. The van der Waals surface area contributed by atoms with Crippen LogP contribution < -0.4 is 0 Å². The molecule has 1 unspecified atom stereocenters. The second-order valence-electron chi connectivity index (χ2n) is 6.02. The minimum absolute atomic E-state index is 0.105. The lowest BCUT2D eigenvalue weighted by molar-refractivity contribution is -0.142. The van der Waals surface area contributed by atoms with Crippen molar-refractivity contribution in [2.45, 2.75) is 57.9 Å². The molecule has 0 aromatic rings. The summed E-state index contributed by atoms with van der Waals surface area (Å²) in [5.74, 6) is 0.250. The van der Waals surface area contributed by atoms with E-state index >= 15 is 0 Å². The second kappa shape index (κ2) is 8.37. The van der Waals surface area contributed by atoms with Gasteiger partial charge in [-0.3, -0.25) is 9.59 Å². The van der Waals surface area contributed by atoms with Crippen LogP contribution in [0.4, 0.5) is 0 Å². The molecule has 1 atom stereocenters. The summed E-state index contributed by atoms with van der Waals surface area (Å²) in [6, 6.07) is 0.180. The van der Waals surface area contributed by atoms with Crippen LogP contribution in [0.5, 0.6) is 0 Å². The van der Waals surface area contributed by atoms with Crippen molar-refractivity contribution in [3.05, 3.63) is 0 Å². The van der Waals surface area contributed by atoms with Gasteiger partial charge >= 0.3 is 0 Å². The Balaban J connectivity index is 1.78. The van der Waals surface area contributed by atoms with Crippen LogP contribution in [-0.2, 0) is 14.3 Å². The van der Waals surface area contributed by atoms with Crippen LogP contribution in [0, 0.1) is 0 Å². The molecule has 2 amide bonds. The topological polar surface area (TPSA) is 49.9 Å². The normalized spacial score (nSPS) is 23.8. The molecule has 2 aliphatic heterocycles. The summed E-state index contributed by atoms with van der Waals surface area (Å²) in [7, 11) is 0. The SMILES string of the molecule is CCC1COCCN1C(=O)CCC(=O)N1CCCCCC1. The number of morpholine rings is 1. The van der Waals surface area contributed by atoms with E-state index in [9.17, 15) is 9.59 Å². The average molecular weight is 296 g/mol. The van der Waals surface area contributed by atoms with Crippen molar-refractivity contribution in [3.63, 3.8) is 0 Å². The Morgan fingerprint density at radius 3 is 2.33 bits per heavy atom. The smallest absolute Gasteiger partial charge is 0.223 e. The maximum Gasteiger partial charge on any atom is 0.223 e. The Morgan fingerprint density at radius 1 is 1.00 bits per heavy atom. The van der Waals surface area contributed by atoms with Crippen LogP contribution in [0.25, 0.3) is 0 Å². The number of carbonyl (C=O) groups is 2. The van der Waals surface area contributed by atoms with Crippen molar-refractivity contribution in [2.75, 3.05) is 32.8 Å². The molecule has 21 heavy (non-hydrogen) atoms. The quantitative estimate of drug-likeness (QED) is 0.795. The van der Waals surface area contributed by atoms with Gasteiger partial charge < -0.3 is 14.5 Å². The van der Waals surface area contributed by atoms with Crippen LogP contribution >= 0.6 is 0 Å². The third kappa shape index (κ3) is 4.70. The highest BCUT2D eigenvalue weighted by molar-refractivity contribution is 5.84. The highest BCUT2D eigenvalue weighted by Crippen LogP contribution is 2.15. The number of hydrogen-bond acceptors (Lipinski definition) is 3. The molecule has 120 valence electrons. The first kappa shape index (κ1) is 16.3. The Morgan fingerprint density at radius 2 is 1.67 bits per heavy atom. The van der Waals surface area contributed by atoms with E-state index in [4.69, 9.17) is 4.74 Å². The molecule has 2 rings (SSSR count). The van der Waals surface area contributed by atoms with Crippen LogP contribution in [0.15, 0.2) is 0 Å². The summed E-state index contributed by atoms with van der Waals surface area (Å²) in [6.07, 6.45) is 6.23. The van der Waals surface area contributed by atoms with Gasteiger partial charge in [0.25, 0.3) is 0 Å². The van der Waals surface area contributed by atoms with Gasteiger partial charge in [0.05, 0.1) is 19.3 Å². The lowest BCUT2D eigenvalue weighted by Gasteiger charge is -2.35. The summed E-state index contributed by atoms with van der Waals surface area (Å²) in [6.45, 7) is 5.70. The summed E-state index contributed by atoms with van der Waals surface area (Å²) in [5, 5.41) is 0. The van der Waals surface area contributed by atoms with Crippen molar-refractivity contribution in [1.82, 2.24) is 9.80 Å². The van der Waals surface area contributed by atoms with E-state index in [2.05, 4.69) is 6.92 Å². The van der Waals surface area contributed by atoms with Crippen molar-refractivity contribution >= 4 is 11.8 Å². The number of rotatable bonds is 4. The van der Waals surface area contributed by atoms with E-state index in [1.54, 1.807) is 0 Å². The predicted octanol–water partition coefficient (Wildman–Crippen LogP) is 1.81. The van der Waals surface area contributed by atoms with Gasteiger partial charge in [0, 0.05) is 32.5 Å². The molecule has 5 heteroatoms. The predicted molar refractivity (Wildman–Crippen MR) is 80.9 cm³/mol. The Hall–Kier alpha value is -1.10. The van der Waals surface area contributed by atoms with Crippen LogP contribution in [-0.4, -0.2) is 60.5 Å². The van der Waals surface area contributed by atoms with Crippen molar-refractivity contribution in [3.8, 4) is 0 Å². The number of amides is 2. The number of ether oxygens (including phenoxy) is 1. The summed E-state index contributed by atoms with van der Waals surface area (Å²) in [4.78, 5) is 28.4. The first-order valence-corrected chi connectivity index (χ1v) is 8.37. The maximum atomic E-state index is 12.3. The monoisotopic (exact) mass is 296 g/mol.